The fraction of sp³-hybridized carbons (Fsp3) is 0.391. The molecule has 5 nitrogen and oxygen atoms in total. The average molecular weight is 447 g/mol. The molecule has 0 spiro atoms. The molecule has 0 saturated heterocycles. The molecule has 0 bridgehead atoms. The molecule has 1 fully saturated rings. The summed E-state index contributed by atoms with van der Waals surface area (Å²) in [6.07, 6.45) is 5.62. The van der Waals surface area contributed by atoms with Gasteiger partial charge >= 0.3 is 0 Å². The molecule has 160 valence electrons. The lowest BCUT2D eigenvalue weighted by Crippen LogP contribution is -2.41. The second kappa shape index (κ2) is 10.7. The third-order valence-corrected chi connectivity index (χ3v) is 7.45. The van der Waals surface area contributed by atoms with Crippen LogP contribution in [0.25, 0.3) is 0 Å². The molecule has 2 atom stereocenters. The highest BCUT2D eigenvalue weighted by molar-refractivity contribution is 7.84. The Balaban J connectivity index is 1.57. The van der Waals surface area contributed by atoms with Gasteiger partial charge in [0.05, 0.1) is 10.6 Å². The highest BCUT2D eigenvalue weighted by Gasteiger charge is 2.21. The van der Waals surface area contributed by atoms with Crippen LogP contribution in [0.2, 0.25) is 5.02 Å². The van der Waals surface area contributed by atoms with Crippen molar-refractivity contribution in [3.05, 3.63) is 64.7 Å². The highest BCUT2D eigenvalue weighted by atomic mass is 35.5. The predicted octanol–water partition coefficient (Wildman–Crippen LogP) is 4.68. The Kier molecular flexibility index (Phi) is 8.05. The number of benzene rings is 2. The minimum Gasteiger partial charge on any atom is -0.340 e. The minimum absolute atomic E-state index is 0.275. The lowest BCUT2D eigenvalue weighted by molar-refractivity contribution is -0.117. The number of hydrogen-bond acceptors (Lipinski definition) is 3. The molecule has 0 heterocycles. The van der Waals surface area contributed by atoms with Crippen molar-refractivity contribution in [2.45, 2.75) is 56.1 Å². The van der Waals surface area contributed by atoms with E-state index in [4.69, 9.17) is 11.6 Å². The minimum atomic E-state index is -0.901. The van der Waals surface area contributed by atoms with Gasteiger partial charge in [-0.05, 0) is 49.6 Å². The number of rotatable bonds is 7. The summed E-state index contributed by atoms with van der Waals surface area (Å²) in [5.41, 5.74) is 1.88. The van der Waals surface area contributed by atoms with E-state index in [1.54, 1.807) is 37.3 Å². The van der Waals surface area contributed by atoms with Crippen molar-refractivity contribution in [1.29, 1.82) is 0 Å². The van der Waals surface area contributed by atoms with E-state index < -0.39 is 22.7 Å². The maximum atomic E-state index is 12.7. The Morgan fingerprint density at radius 2 is 1.83 bits per heavy atom. The van der Waals surface area contributed by atoms with Crippen molar-refractivity contribution < 1.29 is 13.8 Å². The molecule has 1 aliphatic rings. The normalized spacial score (nSPS) is 16.5. The van der Waals surface area contributed by atoms with E-state index in [0.717, 1.165) is 31.2 Å². The molecule has 2 aromatic carbocycles. The van der Waals surface area contributed by atoms with Crippen LogP contribution in [0, 0.1) is 0 Å². The third kappa shape index (κ3) is 6.16. The summed E-state index contributed by atoms with van der Waals surface area (Å²) in [4.78, 5) is 24.9. The molecule has 2 aromatic rings. The molecule has 30 heavy (non-hydrogen) atoms. The van der Waals surface area contributed by atoms with Crippen LogP contribution in [-0.2, 0) is 21.3 Å². The quantitative estimate of drug-likeness (QED) is 0.648. The van der Waals surface area contributed by atoms with Crippen LogP contribution in [0.4, 0.5) is 5.69 Å². The van der Waals surface area contributed by atoms with Gasteiger partial charge in [0, 0.05) is 27.5 Å². The van der Waals surface area contributed by atoms with Gasteiger partial charge in [-0.1, -0.05) is 55.1 Å². The Labute approximate surface area is 185 Å². The van der Waals surface area contributed by atoms with E-state index in [1.165, 1.54) is 6.42 Å². The van der Waals surface area contributed by atoms with E-state index in [1.807, 2.05) is 18.2 Å². The molecule has 0 aromatic heterocycles. The number of nitrogens with one attached hydrogen (secondary N) is 2. The van der Waals surface area contributed by atoms with Gasteiger partial charge in [0.2, 0.25) is 5.91 Å². The van der Waals surface area contributed by atoms with Crippen LogP contribution < -0.4 is 10.6 Å². The van der Waals surface area contributed by atoms with E-state index in [9.17, 15) is 13.8 Å². The van der Waals surface area contributed by atoms with Gasteiger partial charge in [0.1, 0.15) is 6.04 Å². The Morgan fingerprint density at radius 1 is 1.10 bits per heavy atom. The van der Waals surface area contributed by atoms with Crippen molar-refractivity contribution in [2.24, 2.45) is 0 Å². The summed E-state index contributed by atoms with van der Waals surface area (Å²) < 4.78 is 12.7. The van der Waals surface area contributed by atoms with Crippen molar-refractivity contribution in [3.8, 4) is 0 Å². The van der Waals surface area contributed by atoms with E-state index in [0.29, 0.717) is 22.0 Å². The maximum absolute atomic E-state index is 12.7. The fourth-order valence-corrected chi connectivity index (χ4v) is 5.41. The van der Waals surface area contributed by atoms with Crippen LogP contribution >= 0.6 is 11.6 Å². The first kappa shape index (κ1) is 22.5. The average Bonchev–Trinajstić information content (AvgIpc) is 2.74. The van der Waals surface area contributed by atoms with Gasteiger partial charge in [-0.3, -0.25) is 13.8 Å². The van der Waals surface area contributed by atoms with E-state index in [-0.39, 0.29) is 11.2 Å². The van der Waals surface area contributed by atoms with Crippen LogP contribution in [0.1, 0.15) is 54.9 Å². The molecule has 2 amide bonds. The van der Waals surface area contributed by atoms with Gasteiger partial charge < -0.3 is 10.6 Å². The monoisotopic (exact) mass is 446 g/mol. The summed E-state index contributed by atoms with van der Waals surface area (Å²) in [6.45, 7) is 1.62. The topological polar surface area (TPSA) is 75.3 Å². The number of carbonyl (C=O) groups is 2. The number of halogens is 1. The molecule has 1 saturated carbocycles. The molecule has 0 aliphatic heterocycles. The van der Waals surface area contributed by atoms with E-state index >= 15 is 0 Å². The zero-order chi connectivity index (χ0) is 21.5. The van der Waals surface area contributed by atoms with Crippen LogP contribution in [0.5, 0.6) is 0 Å². The van der Waals surface area contributed by atoms with Gasteiger partial charge in [0.15, 0.2) is 0 Å². The highest BCUT2D eigenvalue weighted by Crippen LogP contribution is 2.24. The first-order valence-corrected chi connectivity index (χ1v) is 12.0. The molecule has 2 unspecified atom stereocenters. The number of carbonyl (C=O) groups excluding carboxylic acids is 2. The van der Waals surface area contributed by atoms with Gasteiger partial charge in [0.25, 0.3) is 5.91 Å². The SMILES string of the molecule is CC(NC(=O)c1ccccc1Cl)C(=O)Nc1cccc(CS(=O)C2CCCCC2)c1. The van der Waals surface area contributed by atoms with Crippen molar-refractivity contribution in [2.75, 3.05) is 5.32 Å². The van der Waals surface area contributed by atoms with Gasteiger partial charge in [-0.2, -0.15) is 0 Å². The van der Waals surface area contributed by atoms with Crippen molar-refractivity contribution in [3.63, 3.8) is 0 Å². The van der Waals surface area contributed by atoms with Crippen LogP contribution in [0.15, 0.2) is 48.5 Å². The summed E-state index contributed by atoms with van der Waals surface area (Å²) in [5, 5.41) is 6.09. The summed E-state index contributed by atoms with van der Waals surface area (Å²) in [5.74, 6) is -0.242. The molecule has 3 rings (SSSR count). The molecule has 0 radical (unpaired) electrons. The fourth-order valence-electron chi connectivity index (χ4n) is 3.58. The third-order valence-electron chi connectivity index (χ3n) is 5.29. The first-order chi connectivity index (χ1) is 14.4. The maximum Gasteiger partial charge on any atom is 0.253 e. The van der Waals surface area contributed by atoms with Crippen molar-refractivity contribution >= 4 is 39.9 Å². The van der Waals surface area contributed by atoms with Crippen LogP contribution in [0.3, 0.4) is 0 Å². The first-order valence-electron chi connectivity index (χ1n) is 10.3. The molecule has 7 heteroatoms. The molecular weight excluding hydrogens is 420 g/mol. The lowest BCUT2D eigenvalue weighted by Gasteiger charge is -2.21. The Morgan fingerprint density at radius 3 is 2.57 bits per heavy atom. The lowest BCUT2D eigenvalue weighted by atomic mass is 10.0. The van der Waals surface area contributed by atoms with Crippen molar-refractivity contribution in [1.82, 2.24) is 5.32 Å². The van der Waals surface area contributed by atoms with Gasteiger partial charge in [-0.25, -0.2) is 0 Å². The number of hydrogen-bond donors (Lipinski definition) is 2. The molecule has 2 N–H and O–H groups in total. The second-order valence-corrected chi connectivity index (χ2v) is 9.77. The number of anilines is 1. The summed E-state index contributed by atoms with van der Waals surface area (Å²) >= 11 is 6.04. The van der Waals surface area contributed by atoms with Gasteiger partial charge in [-0.15, -0.1) is 0 Å². The second-order valence-electron chi connectivity index (χ2n) is 7.65. The smallest absolute Gasteiger partial charge is 0.253 e. The zero-order valence-electron chi connectivity index (χ0n) is 17.0. The summed E-state index contributed by atoms with van der Waals surface area (Å²) in [7, 11) is -0.901. The Hall–Kier alpha value is -2.18. The molecular formula is C23H27ClN2O3S. The standard InChI is InChI=1S/C23H27ClN2O3S/c1-16(25-23(28)20-12-5-6-13-21(20)24)22(27)26-18-9-7-8-17(14-18)15-30(29)19-10-3-2-4-11-19/h5-9,12-14,16,19H,2-4,10-11,15H2,1H3,(H,25,28)(H,26,27). The zero-order valence-corrected chi connectivity index (χ0v) is 18.6. The van der Waals surface area contributed by atoms with Crippen LogP contribution in [-0.4, -0.2) is 27.3 Å². The largest absolute Gasteiger partial charge is 0.340 e. The predicted molar refractivity (Wildman–Crippen MR) is 122 cm³/mol. The number of amides is 2. The molecule has 1 aliphatic carbocycles. The Bertz CT molecular complexity index is 928. The summed E-state index contributed by atoms with van der Waals surface area (Å²) in [6, 6.07) is 13.4. The van der Waals surface area contributed by atoms with E-state index in [2.05, 4.69) is 10.6 Å².